The van der Waals surface area contributed by atoms with Gasteiger partial charge in [0.25, 0.3) is 5.91 Å². The third-order valence-corrected chi connectivity index (χ3v) is 7.32. The molecule has 0 aromatic heterocycles. The summed E-state index contributed by atoms with van der Waals surface area (Å²) in [4.78, 5) is 53.5. The highest BCUT2D eigenvalue weighted by molar-refractivity contribution is 5.99. The monoisotopic (exact) mass is 530 g/mol. The van der Waals surface area contributed by atoms with Gasteiger partial charge in [-0.1, -0.05) is 39.0 Å². The molecular formula is C29H43FN4O4. The Morgan fingerprint density at radius 3 is 2.34 bits per heavy atom. The van der Waals surface area contributed by atoms with Gasteiger partial charge < -0.3 is 20.9 Å². The first kappa shape index (κ1) is 29.6. The number of amides is 4. The number of hydrogen-bond donors (Lipinski definition) is 3. The van der Waals surface area contributed by atoms with Gasteiger partial charge in [-0.15, -0.1) is 0 Å². The molecule has 210 valence electrons. The Balaban J connectivity index is 1.68. The third kappa shape index (κ3) is 8.81. The second kappa shape index (κ2) is 13.2. The van der Waals surface area contributed by atoms with E-state index < -0.39 is 29.3 Å². The molecule has 1 unspecified atom stereocenters. The molecule has 3 atom stereocenters. The van der Waals surface area contributed by atoms with E-state index in [9.17, 15) is 23.6 Å². The van der Waals surface area contributed by atoms with E-state index in [1.807, 2.05) is 27.7 Å². The van der Waals surface area contributed by atoms with Crippen LogP contribution in [0.3, 0.4) is 0 Å². The highest BCUT2D eigenvalue weighted by Crippen LogP contribution is 2.28. The molecule has 9 heteroatoms. The molecule has 0 bridgehead atoms. The van der Waals surface area contributed by atoms with Crippen LogP contribution >= 0.6 is 0 Å². The van der Waals surface area contributed by atoms with Crippen LogP contribution in [0.4, 0.5) is 4.39 Å². The Labute approximate surface area is 225 Å². The molecule has 3 N–H and O–H groups in total. The molecule has 1 aromatic carbocycles. The van der Waals surface area contributed by atoms with Gasteiger partial charge in [-0.2, -0.15) is 0 Å². The van der Waals surface area contributed by atoms with Crippen molar-refractivity contribution in [2.24, 2.45) is 11.8 Å². The number of nitrogens with one attached hydrogen (secondary N) is 3. The molecule has 1 saturated carbocycles. The number of rotatable bonds is 9. The molecular weight excluding hydrogens is 487 g/mol. The maximum atomic E-state index is 13.5. The van der Waals surface area contributed by atoms with Crippen LogP contribution in [0.25, 0.3) is 0 Å². The van der Waals surface area contributed by atoms with E-state index in [0.717, 1.165) is 19.3 Å². The molecule has 1 heterocycles. The quantitative estimate of drug-likeness (QED) is 0.454. The van der Waals surface area contributed by atoms with Gasteiger partial charge in [0.2, 0.25) is 17.7 Å². The first-order valence-electron chi connectivity index (χ1n) is 13.9. The Morgan fingerprint density at radius 2 is 1.71 bits per heavy atom. The number of carbonyl (C=O) groups excluding carboxylic acids is 4. The molecule has 0 spiro atoms. The first-order chi connectivity index (χ1) is 17.9. The van der Waals surface area contributed by atoms with Crippen molar-refractivity contribution < 1.29 is 23.6 Å². The van der Waals surface area contributed by atoms with Crippen LogP contribution in [-0.2, 0) is 14.4 Å². The lowest BCUT2D eigenvalue weighted by molar-refractivity contribution is -0.132. The van der Waals surface area contributed by atoms with E-state index in [1.165, 1.54) is 48.4 Å². The van der Waals surface area contributed by atoms with Crippen LogP contribution < -0.4 is 16.0 Å². The van der Waals surface area contributed by atoms with Gasteiger partial charge in [0.05, 0.1) is 6.54 Å². The number of halogens is 1. The van der Waals surface area contributed by atoms with Crippen molar-refractivity contribution in [3.8, 4) is 0 Å². The van der Waals surface area contributed by atoms with Crippen molar-refractivity contribution in [1.82, 2.24) is 20.9 Å². The smallest absolute Gasteiger partial charge is 0.254 e. The van der Waals surface area contributed by atoms with E-state index in [4.69, 9.17) is 0 Å². The zero-order chi connectivity index (χ0) is 27.9. The van der Waals surface area contributed by atoms with Gasteiger partial charge in [0.1, 0.15) is 17.9 Å². The van der Waals surface area contributed by atoms with Crippen LogP contribution in [0.1, 0.15) is 89.4 Å². The topological polar surface area (TPSA) is 108 Å². The summed E-state index contributed by atoms with van der Waals surface area (Å²) in [6.07, 6.45) is 7.60. The van der Waals surface area contributed by atoms with E-state index >= 15 is 0 Å². The normalized spacial score (nSPS) is 21.0. The SMILES string of the molecule is CC1C[C@@H](C(=O)N[C@@H](CCC2CCCCC2)C(=O)NCC(=O)NC(C)(C)C)N(C(=O)c2ccc(F)cc2)C1. The molecule has 1 saturated heterocycles. The molecule has 1 aliphatic carbocycles. The summed E-state index contributed by atoms with van der Waals surface area (Å²) in [5.74, 6) is -1.24. The van der Waals surface area contributed by atoms with Crippen molar-refractivity contribution >= 4 is 23.6 Å². The molecule has 0 radical (unpaired) electrons. The molecule has 3 rings (SSSR count). The lowest BCUT2D eigenvalue weighted by Gasteiger charge is -2.28. The summed E-state index contributed by atoms with van der Waals surface area (Å²) in [6, 6.07) is 3.76. The van der Waals surface area contributed by atoms with Crippen LogP contribution in [0, 0.1) is 17.7 Å². The zero-order valence-electron chi connectivity index (χ0n) is 23.1. The van der Waals surface area contributed by atoms with Crippen LogP contribution in [-0.4, -0.2) is 59.2 Å². The standard InChI is InChI=1S/C29H43FN4O4/c1-19-16-24(34(18-19)28(38)21-11-13-22(30)14-12-21)27(37)32-23(15-10-20-8-6-5-7-9-20)26(36)31-17-25(35)33-29(2,3)4/h11-14,19-20,23-24H,5-10,15-18H2,1-4H3,(H,31,36)(H,32,37)(H,33,35)/t19?,23-,24-/m0/s1. The highest BCUT2D eigenvalue weighted by atomic mass is 19.1. The number of hydrogen-bond acceptors (Lipinski definition) is 4. The van der Waals surface area contributed by atoms with Crippen LogP contribution in [0.15, 0.2) is 24.3 Å². The Bertz CT molecular complexity index is 985. The minimum atomic E-state index is -0.800. The molecule has 38 heavy (non-hydrogen) atoms. The zero-order valence-corrected chi connectivity index (χ0v) is 23.1. The summed E-state index contributed by atoms with van der Waals surface area (Å²) in [5.41, 5.74) is -0.106. The summed E-state index contributed by atoms with van der Waals surface area (Å²) < 4.78 is 13.4. The van der Waals surface area contributed by atoms with E-state index in [2.05, 4.69) is 16.0 Å². The van der Waals surface area contributed by atoms with E-state index in [1.54, 1.807) is 0 Å². The number of likely N-dealkylation sites (tertiary alicyclic amines) is 1. The maximum absolute atomic E-state index is 13.5. The molecule has 2 fully saturated rings. The van der Waals surface area contributed by atoms with Crippen molar-refractivity contribution in [2.75, 3.05) is 13.1 Å². The molecule has 8 nitrogen and oxygen atoms in total. The van der Waals surface area contributed by atoms with Crippen molar-refractivity contribution in [3.05, 3.63) is 35.6 Å². The fourth-order valence-electron chi connectivity index (χ4n) is 5.45. The van der Waals surface area contributed by atoms with Crippen molar-refractivity contribution in [3.63, 3.8) is 0 Å². The van der Waals surface area contributed by atoms with Gasteiger partial charge in [0.15, 0.2) is 0 Å². The van der Waals surface area contributed by atoms with Crippen molar-refractivity contribution in [2.45, 2.75) is 96.7 Å². The van der Waals surface area contributed by atoms with E-state index in [0.29, 0.717) is 30.9 Å². The Kier molecular flexibility index (Phi) is 10.3. The second-order valence-corrected chi connectivity index (χ2v) is 12.0. The number of carbonyl (C=O) groups is 4. The number of benzene rings is 1. The minimum absolute atomic E-state index is 0.103. The third-order valence-electron chi connectivity index (χ3n) is 7.32. The average Bonchev–Trinajstić information content (AvgIpc) is 3.26. The number of nitrogens with zero attached hydrogens (tertiary/aromatic N) is 1. The maximum Gasteiger partial charge on any atom is 0.254 e. The average molecular weight is 531 g/mol. The predicted molar refractivity (Wildman–Crippen MR) is 144 cm³/mol. The van der Waals surface area contributed by atoms with Gasteiger partial charge >= 0.3 is 0 Å². The highest BCUT2D eigenvalue weighted by Gasteiger charge is 2.39. The van der Waals surface area contributed by atoms with E-state index in [-0.39, 0.29) is 30.2 Å². The molecule has 1 aromatic rings. The lowest BCUT2D eigenvalue weighted by atomic mass is 9.85. The molecule has 1 aliphatic heterocycles. The lowest BCUT2D eigenvalue weighted by Crippen LogP contribution is -2.54. The first-order valence-corrected chi connectivity index (χ1v) is 13.9. The van der Waals surface area contributed by atoms with Gasteiger partial charge in [-0.25, -0.2) is 4.39 Å². The van der Waals surface area contributed by atoms with Crippen LogP contribution in [0.2, 0.25) is 0 Å². The van der Waals surface area contributed by atoms with Gasteiger partial charge in [0, 0.05) is 17.6 Å². The minimum Gasteiger partial charge on any atom is -0.350 e. The fourth-order valence-corrected chi connectivity index (χ4v) is 5.45. The summed E-state index contributed by atoms with van der Waals surface area (Å²) in [5, 5.41) is 8.40. The summed E-state index contributed by atoms with van der Waals surface area (Å²) >= 11 is 0. The Hall–Kier alpha value is -2.97. The second-order valence-electron chi connectivity index (χ2n) is 12.0. The largest absolute Gasteiger partial charge is 0.350 e. The van der Waals surface area contributed by atoms with Gasteiger partial charge in [-0.05, 0) is 76.1 Å². The van der Waals surface area contributed by atoms with Gasteiger partial charge in [-0.3, -0.25) is 19.2 Å². The van der Waals surface area contributed by atoms with Crippen LogP contribution in [0.5, 0.6) is 0 Å². The Morgan fingerprint density at radius 1 is 1.05 bits per heavy atom. The van der Waals surface area contributed by atoms with Crippen molar-refractivity contribution in [1.29, 1.82) is 0 Å². The molecule has 4 amide bonds. The fraction of sp³-hybridized carbons (Fsp3) is 0.655. The summed E-state index contributed by atoms with van der Waals surface area (Å²) in [7, 11) is 0. The predicted octanol–water partition coefficient (Wildman–Crippen LogP) is 3.55. The molecule has 2 aliphatic rings. The summed E-state index contributed by atoms with van der Waals surface area (Å²) in [6.45, 7) is 7.78.